The molecule has 0 saturated carbocycles. The van der Waals surface area contributed by atoms with Crippen LogP contribution >= 0.6 is 23.4 Å². The van der Waals surface area contributed by atoms with Crippen LogP contribution in [-0.2, 0) is 12.2 Å². The predicted molar refractivity (Wildman–Crippen MR) is 97.8 cm³/mol. The smallest absolute Gasteiger partial charge is 0.196 e. The fourth-order valence-electron chi connectivity index (χ4n) is 2.36. The summed E-state index contributed by atoms with van der Waals surface area (Å²) in [6.07, 6.45) is 1.37. The van der Waals surface area contributed by atoms with E-state index in [1.807, 2.05) is 54.6 Å². The van der Waals surface area contributed by atoms with Gasteiger partial charge in [-0.2, -0.15) is 0 Å². The first-order chi connectivity index (χ1) is 11.8. The third-order valence-corrected chi connectivity index (χ3v) is 4.81. The number of aromatic nitrogens is 3. The van der Waals surface area contributed by atoms with Crippen molar-refractivity contribution in [2.45, 2.75) is 23.8 Å². The molecule has 3 aromatic rings. The second kappa shape index (κ2) is 8.33. The molecule has 0 saturated heterocycles. The number of hydrogen-bond donors (Lipinski definition) is 1. The van der Waals surface area contributed by atoms with E-state index in [9.17, 15) is 0 Å². The summed E-state index contributed by atoms with van der Waals surface area (Å²) in [7, 11) is 0. The van der Waals surface area contributed by atoms with E-state index < -0.39 is 0 Å². The molecule has 0 fully saturated rings. The Labute approximate surface area is 150 Å². The molecule has 0 aliphatic carbocycles. The van der Waals surface area contributed by atoms with Gasteiger partial charge in [0.1, 0.15) is 5.82 Å². The Kier molecular flexibility index (Phi) is 5.91. The number of nitrogens with zero attached hydrogens (tertiary/aromatic N) is 3. The minimum Gasteiger partial charge on any atom is -0.396 e. The van der Waals surface area contributed by atoms with Crippen LogP contribution in [0, 0.1) is 0 Å². The molecule has 1 N–H and O–H groups in total. The molecule has 1 heterocycles. The van der Waals surface area contributed by atoms with E-state index in [4.69, 9.17) is 16.7 Å². The minimum absolute atomic E-state index is 0.148. The van der Waals surface area contributed by atoms with Crippen molar-refractivity contribution in [2.75, 3.05) is 6.61 Å². The molecule has 0 amide bonds. The van der Waals surface area contributed by atoms with E-state index in [1.54, 1.807) is 11.8 Å². The van der Waals surface area contributed by atoms with Crippen molar-refractivity contribution < 1.29 is 5.11 Å². The molecule has 0 unspecified atom stereocenters. The Hall–Kier alpha value is -1.82. The lowest BCUT2D eigenvalue weighted by molar-refractivity contribution is 0.287. The molecule has 0 aliphatic rings. The molecular formula is C18H18ClN3OS. The zero-order valence-electron chi connectivity index (χ0n) is 13.1. The number of aliphatic hydroxyl groups is 1. The van der Waals surface area contributed by atoms with E-state index in [0.717, 1.165) is 27.4 Å². The Bertz CT molecular complexity index is 775. The van der Waals surface area contributed by atoms with Gasteiger partial charge in [0.2, 0.25) is 0 Å². The molecule has 0 spiro atoms. The predicted octanol–water partition coefficient (Wildman–Crippen LogP) is 4.14. The van der Waals surface area contributed by atoms with Crippen LogP contribution in [0.5, 0.6) is 0 Å². The Morgan fingerprint density at radius 3 is 2.46 bits per heavy atom. The van der Waals surface area contributed by atoms with E-state index >= 15 is 0 Å². The summed E-state index contributed by atoms with van der Waals surface area (Å²) in [6, 6.07) is 17.9. The maximum atomic E-state index is 9.10. The van der Waals surface area contributed by atoms with Gasteiger partial charge < -0.3 is 5.11 Å². The first-order valence-electron chi connectivity index (χ1n) is 7.76. The topological polar surface area (TPSA) is 50.9 Å². The third-order valence-electron chi connectivity index (χ3n) is 3.55. The highest BCUT2D eigenvalue weighted by Crippen LogP contribution is 2.26. The van der Waals surface area contributed by atoms with Gasteiger partial charge >= 0.3 is 0 Å². The van der Waals surface area contributed by atoms with E-state index in [-0.39, 0.29) is 6.61 Å². The summed E-state index contributed by atoms with van der Waals surface area (Å²) >= 11 is 7.57. The zero-order valence-corrected chi connectivity index (χ0v) is 14.7. The molecule has 0 radical (unpaired) electrons. The van der Waals surface area contributed by atoms with E-state index in [1.165, 1.54) is 5.56 Å². The SMILES string of the molecule is OCCCc1nnc(SCc2ccc(Cl)cc2)n1-c1ccccc1. The normalized spacial score (nSPS) is 10.9. The molecule has 0 bridgehead atoms. The second-order valence-corrected chi connectivity index (χ2v) is 6.69. The van der Waals surface area contributed by atoms with Crippen LogP contribution in [0.25, 0.3) is 5.69 Å². The number of aryl methyl sites for hydroxylation is 1. The van der Waals surface area contributed by atoms with Crippen LogP contribution < -0.4 is 0 Å². The standard InChI is InChI=1S/C18H18ClN3OS/c19-15-10-8-14(9-11-15)13-24-18-21-20-17(7-4-12-23)22(18)16-5-2-1-3-6-16/h1-3,5-6,8-11,23H,4,7,12-13H2. The van der Waals surface area contributed by atoms with Crippen LogP contribution in [-0.4, -0.2) is 26.5 Å². The van der Waals surface area contributed by atoms with Crippen LogP contribution in [0.3, 0.4) is 0 Å². The van der Waals surface area contributed by atoms with E-state index in [0.29, 0.717) is 12.8 Å². The summed E-state index contributed by atoms with van der Waals surface area (Å²) in [5, 5.41) is 19.3. The lowest BCUT2D eigenvalue weighted by atomic mass is 10.2. The number of aliphatic hydroxyl groups excluding tert-OH is 1. The Morgan fingerprint density at radius 1 is 1.00 bits per heavy atom. The van der Waals surface area contributed by atoms with Crippen LogP contribution in [0.1, 0.15) is 17.8 Å². The van der Waals surface area contributed by atoms with Crippen molar-refractivity contribution in [3.63, 3.8) is 0 Å². The third kappa shape index (κ3) is 4.17. The molecule has 24 heavy (non-hydrogen) atoms. The number of rotatable bonds is 7. The fraction of sp³-hybridized carbons (Fsp3) is 0.222. The number of para-hydroxylation sites is 1. The number of hydrogen-bond acceptors (Lipinski definition) is 4. The van der Waals surface area contributed by atoms with Crippen LogP contribution in [0.15, 0.2) is 59.8 Å². The minimum atomic E-state index is 0.148. The van der Waals surface area contributed by atoms with Crippen molar-refractivity contribution in [2.24, 2.45) is 0 Å². The highest BCUT2D eigenvalue weighted by molar-refractivity contribution is 7.98. The highest BCUT2D eigenvalue weighted by atomic mass is 35.5. The van der Waals surface area contributed by atoms with E-state index in [2.05, 4.69) is 14.8 Å². The maximum absolute atomic E-state index is 9.10. The Balaban J connectivity index is 1.84. The van der Waals surface area contributed by atoms with Gasteiger partial charge in [0, 0.05) is 29.5 Å². The summed E-state index contributed by atoms with van der Waals surface area (Å²) < 4.78 is 2.07. The molecule has 124 valence electrons. The van der Waals surface area contributed by atoms with Gasteiger partial charge in [0.05, 0.1) is 0 Å². The van der Waals surface area contributed by atoms with Crippen molar-refractivity contribution in [1.82, 2.24) is 14.8 Å². The average molecular weight is 360 g/mol. The van der Waals surface area contributed by atoms with Crippen molar-refractivity contribution >= 4 is 23.4 Å². The quantitative estimate of drug-likeness (QED) is 0.644. The highest BCUT2D eigenvalue weighted by Gasteiger charge is 2.14. The lowest BCUT2D eigenvalue weighted by Gasteiger charge is -2.10. The summed E-state index contributed by atoms with van der Waals surface area (Å²) in [5.41, 5.74) is 2.22. The number of thioether (sulfide) groups is 1. The summed E-state index contributed by atoms with van der Waals surface area (Å²) in [4.78, 5) is 0. The Morgan fingerprint density at radius 2 is 1.75 bits per heavy atom. The number of halogens is 1. The van der Waals surface area contributed by atoms with Crippen molar-refractivity contribution in [1.29, 1.82) is 0 Å². The number of benzene rings is 2. The molecule has 2 aromatic carbocycles. The molecule has 0 aliphatic heterocycles. The van der Waals surface area contributed by atoms with Gasteiger partial charge in [0.25, 0.3) is 0 Å². The van der Waals surface area contributed by atoms with Gasteiger partial charge in [0.15, 0.2) is 5.16 Å². The average Bonchev–Trinajstić information content (AvgIpc) is 3.03. The van der Waals surface area contributed by atoms with Crippen LogP contribution in [0.2, 0.25) is 5.02 Å². The summed E-state index contributed by atoms with van der Waals surface area (Å²) in [6.45, 7) is 0.148. The monoisotopic (exact) mass is 359 g/mol. The first-order valence-corrected chi connectivity index (χ1v) is 9.12. The maximum Gasteiger partial charge on any atom is 0.196 e. The molecule has 0 atom stereocenters. The van der Waals surface area contributed by atoms with Crippen LogP contribution in [0.4, 0.5) is 0 Å². The van der Waals surface area contributed by atoms with Gasteiger partial charge in [-0.3, -0.25) is 4.57 Å². The van der Waals surface area contributed by atoms with Gasteiger partial charge in [-0.15, -0.1) is 10.2 Å². The molecule has 1 aromatic heterocycles. The molecular weight excluding hydrogens is 342 g/mol. The molecule has 6 heteroatoms. The first kappa shape index (κ1) is 17.0. The lowest BCUT2D eigenvalue weighted by Crippen LogP contribution is -2.04. The molecule has 3 rings (SSSR count). The van der Waals surface area contributed by atoms with Gasteiger partial charge in [-0.05, 0) is 36.2 Å². The fourth-order valence-corrected chi connectivity index (χ4v) is 3.41. The van der Waals surface area contributed by atoms with Gasteiger partial charge in [-0.25, -0.2) is 0 Å². The van der Waals surface area contributed by atoms with Crippen molar-refractivity contribution in [3.8, 4) is 5.69 Å². The second-order valence-electron chi connectivity index (χ2n) is 5.31. The largest absolute Gasteiger partial charge is 0.396 e. The zero-order chi connectivity index (χ0) is 16.8. The van der Waals surface area contributed by atoms with Crippen molar-refractivity contribution in [3.05, 3.63) is 71.0 Å². The molecule has 4 nitrogen and oxygen atoms in total. The summed E-state index contributed by atoms with van der Waals surface area (Å²) in [5.74, 6) is 1.66. The van der Waals surface area contributed by atoms with Gasteiger partial charge in [-0.1, -0.05) is 53.7 Å².